The Kier molecular flexibility index (Phi) is 2.09. The van der Waals surface area contributed by atoms with Gasteiger partial charge in [0, 0.05) is 5.02 Å². The first-order valence-electron chi connectivity index (χ1n) is 3.66. The Bertz CT molecular complexity index is 521. The highest BCUT2D eigenvalue weighted by Crippen LogP contribution is 2.27. The Morgan fingerprint density at radius 3 is 2.79 bits per heavy atom. The molecule has 0 saturated heterocycles. The van der Waals surface area contributed by atoms with Crippen LogP contribution in [0.4, 0.5) is 0 Å². The minimum Gasteiger partial charge on any atom is -0.478 e. The second kappa shape index (κ2) is 3.15. The van der Waals surface area contributed by atoms with Crippen LogP contribution >= 0.6 is 23.2 Å². The molecule has 0 radical (unpaired) electrons. The predicted molar refractivity (Wildman–Crippen MR) is 53.1 cm³/mol. The SMILES string of the molecule is O=C(O)c1cc(Cl)cc2n[nH]c(Cl)c12. The zero-order valence-corrected chi connectivity index (χ0v) is 8.23. The molecule has 0 aliphatic heterocycles. The van der Waals surface area contributed by atoms with E-state index < -0.39 is 5.97 Å². The number of carbonyl (C=O) groups is 1. The van der Waals surface area contributed by atoms with E-state index in [0.29, 0.717) is 15.9 Å². The first kappa shape index (κ1) is 9.30. The van der Waals surface area contributed by atoms with Crippen molar-refractivity contribution in [3.05, 3.63) is 27.9 Å². The summed E-state index contributed by atoms with van der Waals surface area (Å²) < 4.78 is 0. The van der Waals surface area contributed by atoms with Crippen LogP contribution in [0.25, 0.3) is 10.9 Å². The third-order valence-electron chi connectivity index (χ3n) is 1.81. The second-order valence-corrected chi connectivity index (χ2v) is 3.50. The fourth-order valence-corrected chi connectivity index (χ4v) is 1.70. The van der Waals surface area contributed by atoms with Crippen LogP contribution in [0.2, 0.25) is 10.2 Å². The molecule has 6 heteroatoms. The van der Waals surface area contributed by atoms with E-state index in [9.17, 15) is 4.79 Å². The first-order valence-corrected chi connectivity index (χ1v) is 4.41. The van der Waals surface area contributed by atoms with Crippen LogP contribution < -0.4 is 0 Å². The summed E-state index contributed by atoms with van der Waals surface area (Å²) in [6, 6.07) is 2.89. The van der Waals surface area contributed by atoms with Crippen LogP contribution in [-0.2, 0) is 0 Å². The molecule has 0 spiro atoms. The maximum absolute atomic E-state index is 10.9. The van der Waals surface area contributed by atoms with E-state index >= 15 is 0 Å². The van der Waals surface area contributed by atoms with Crippen molar-refractivity contribution in [2.24, 2.45) is 0 Å². The molecule has 4 nitrogen and oxygen atoms in total. The highest BCUT2D eigenvalue weighted by Gasteiger charge is 2.15. The van der Waals surface area contributed by atoms with Crippen molar-refractivity contribution >= 4 is 40.1 Å². The molecule has 72 valence electrons. The molecule has 1 aromatic carbocycles. The van der Waals surface area contributed by atoms with Crippen LogP contribution in [0.15, 0.2) is 12.1 Å². The summed E-state index contributed by atoms with van der Waals surface area (Å²) in [6.07, 6.45) is 0. The number of aromatic nitrogens is 2. The second-order valence-electron chi connectivity index (χ2n) is 2.69. The van der Waals surface area contributed by atoms with Gasteiger partial charge < -0.3 is 5.11 Å². The molecule has 1 heterocycles. The number of carboxylic acid groups (broad SMARTS) is 1. The molecule has 1 aromatic heterocycles. The lowest BCUT2D eigenvalue weighted by atomic mass is 10.1. The number of rotatable bonds is 1. The van der Waals surface area contributed by atoms with Gasteiger partial charge in [-0.2, -0.15) is 5.10 Å². The lowest BCUT2D eigenvalue weighted by Gasteiger charge is -1.97. The third-order valence-corrected chi connectivity index (χ3v) is 2.30. The summed E-state index contributed by atoms with van der Waals surface area (Å²) in [5.41, 5.74) is 0.492. The number of nitrogens with one attached hydrogen (secondary N) is 1. The Morgan fingerprint density at radius 2 is 2.14 bits per heavy atom. The fourth-order valence-electron chi connectivity index (χ4n) is 1.25. The lowest BCUT2D eigenvalue weighted by molar-refractivity contribution is 0.0699. The summed E-state index contributed by atoms with van der Waals surface area (Å²) in [5.74, 6) is -1.08. The topological polar surface area (TPSA) is 66.0 Å². The van der Waals surface area contributed by atoms with E-state index in [1.807, 2.05) is 0 Å². The van der Waals surface area contributed by atoms with E-state index in [0.717, 1.165) is 0 Å². The van der Waals surface area contributed by atoms with E-state index in [2.05, 4.69) is 10.2 Å². The van der Waals surface area contributed by atoms with Gasteiger partial charge in [-0.3, -0.25) is 5.10 Å². The maximum atomic E-state index is 10.9. The first-order chi connectivity index (χ1) is 6.59. The van der Waals surface area contributed by atoms with Crippen molar-refractivity contribution in [2.45, 2.75) is 0 Å². The smallest absolute Gasteiger partial charge is 0.336 e. The molecule has 2 N–H and O–H groups in total. The lowest BCUT2D eigenvalue weighted by Crippen LogP contribution is -1.96. The molecule has 0 aliphatic carbocycles. The third kappa shape index (κ3) is 1.32. The largest absolute Gasteiger partial charge is 0.478 e. The van der Waals surface area contributed by atoms with Crippen molar-refractivity contribution in [1.82, 2.24) is 10.2 Å². The summed E-state index contributed by atoms with van der Waals surface area (Å²) in [5, 5.41) is 16.1. The molecule has 2 rings (SSSR count). The Labute approximate surface area is 88.4 Å². The van der Waals surface area contributed by atoms with Gasteiger partial charge in [0.05, 0.1) is 16.5 Å². The number of fused-ring (bicyclic) bond motifs is 1. The van der Waals surface area contributed by atoms with Gasteiger partial charge in [0.1, 0.15) is 5.15 Å². The number of carboxylic acids is 1. The number of nitrogens with zero attached hydrogens (tertiary/aromatic N) is 1. The van der Waals surface area contributed by atoms with E-state index in [4.69, 9.17) is 28.3 Å². The number of benzene rings is 1. The predicted octanol–water partition coefficient (Wildman–Crippen LogP) is 2.57. The van der Waals surface area contributed by atoms with Crippen molar-refractivity contribution < 1.29 is 9.90 Å². The molecule has 0 unspecified atom stereocenters. The number of H-pyrrole nitrogens is 1. The molecule has 0 amide bonds. The van der Waals surface area contributed by atoms with Gasteiger partial charge in [-0.1, -0.05) is 23.2 Å². The molecule has 2 aromatic rings. The van der Waals surface area contributed by atoms with Gasteiger partial charge >= 0.3 is 5.97 Å². The monoisotopic (exact) mass is 230 g/mol. The van der Waals surface area contributed by atoms with Gasteiger partial charge in [0.15, 0.2) is 0 Å². The number of hydrogen-bond donors (Lipinski definition) is 2. The molecule has 14 heavy (non-hydrogen) atoms. The van der Waals surface area contributed by atoms with Crippen LogP contribution in [0.5, 0.6) is 0 Å². The Morgan fingerprint density at radius 1 is 1.43 bits per heavy atom. The zero-order chi connectivity index (χ0) is 10.3. The van der Waals surface area contributed by atoms with Crippen molar-refractivity contribution in [1.29, 1.82) is 0 Å². The minimum absolute atomic E-state index is 0.0475. The number of hydrogen-bond acceptors (Lipinski definition) is 2. The quantitative estimate of drug-likeness (QED) is 0.792. The van der Waals surface area contributed by atoms with Crippen LogP contribution in [0.3, 0.4) is 0 Å². The normalized spacial score (nSPS) is 10.7. The number of halogens is 2. The molecule has 0 aliphatic rings. The Hall–Kier alpha value is -1.26. The van der Waals surface area contributed by atoms with E-state index in [-0.39, 0.29) is 10.7 Å². The maximum Gasteiger partial charge on any atom is 0.336 e. The highest BCUT2D eigenvalue weighted by atomic mass is 35.5. The summed E-state index contributed by atoms with van der Waals surface area (Å²) in [4.78, 5) is 10.9. The zero-order valence-electron chi connectivity index (χ0n) is 6.71. The highest BCUT2D eigenvalue weighted by molar-refractivity contribution is 6.37. The average Bonchev–Trinajstić information content (AvgIpc) is 2.46. The molecule has 0 saturated carbocycles. The van der Waals surface area contributed by atoms with Gasteiger partial charge in [-0.05, 0) is 12.1 Å². The number of aromatic carboxylic acids is 1. The van der Waals surface area contributed by atoms with Crippen molar-refractivity contribution in [3.8, 4) is 0 Å². The van der Waals surface area contributed by atoms with Crippen molar-refractivity contribution in [3.63, 3.8) is 0 Å². The molecule has 0 fully saturated rings. The molecule has 0 bridgehead atoms. The van der Waals surface area contributed by atoms with Crippen LogP contribution in [-0.4, -0.2) is 21.3 Å². The molecule has 0 atom stereocenters. The van der Waals surface area contributed by atoms with E-state index in [1.165, 1.54) is 6.07 Å². The standard InChI is InChI=1S/C8H4Cl2N2O2/c9-3-1-4(8(13)14)6-5(2-3)11-12-7(6)10/h1-2H,(H,11,12)(H,13,14). The van der Waals surface area contributed by atoms with Crippen LogP contribution in [0.1, 0.15) is 10.4 Å². The summed E-state index contributed by atoms with van der Waals surface area (Å²) in [7, 11) is 0. The number of aromatic amines is 1. The van der Waals surface area contributed by atoms with Crippen LogP contribution in [0, 0.1) is 0 Å². The van der Waals surface area contributed by atoms with Gasteiger partial charge in [0.2, 0.25) is 0 Å². The molecular formula is C8H4Cl2N2O2. The molecular weight excluding hydrogens is 227 g/mol. The van der Waals surface area contributed by atoms with Gasteiger partial charge in [-0.25, -0.2) is 4.79 Å². The van der Waals surface area contributed by atoms with Gasteiger partial charge in [-0.15, -0.1) is 0 Å². The minimum atomic E-state index is -1.08. The summed E-state index contributed by atoms with van der Waals surface area (Å²) >= 11 is 11.5. The van der Waals surface area contributed by atoms with E-state index in [1.54, 1.807) is 6.07 Å². The Balaban J connectivity index is 2.90. The average molecular weight is 231 g/mol. The summed E-state index contributed by atoms with van der Waals surface area (Å²) in [6.45, 7) is 0. The van der Waals surface area contributed by atoms with Gasteiger partial charge in [0.25, 0.3) is 0 Å². The fraction of sp³-hybridized carbons (Fsp3) is 0. The van der Waals surface area contributed by atoms with Crippen molar-refractivity contribution in [2.75, 3.05) is 0 Å².